The van der Waals surface area contributed by atoms with Gasteiger partial charge in [0.1, 0.15) is 5.54 Å². The van der Waals surface area contributed by atoms with Crippen molar-refractivity contribution in [2.45, 2.75) is 45.7 Å². The highest BCUT2D eigenvalue weighted by Gasteiger charge is 2.24. The molecule has 0 amide bonds. The van der Waals surface area contributed by atoms with E-state index in [2.05, 4.69) is 12.1 Å². The largest absolute Gasteiger partial charge is 0.464 e. The second-order valence-corrected chi connectivity index (χ2v) is 8.23. The van der Waals surface area contributed by atoms with Crippen molar-refractivity contribution in [3.8, 4) is 11.4 Å². The van der Waals surface area contributed by atoms with E-state index < -0.39 is 11.5 Å². The van der Waals surface area contributed by atoms with Gasteiger partial charge in [0.05, 0.1) is 30.1 Å². The zero-order valence-electron chi connectivity index (χ0n) is 17.0. The van der Waals surface area contributed by atoms with E-state index in [9.17, 15) is 9.59 Å². The van der Waals surface area contributed by atoms with Gasteiger partial charge in [0, 0.05) is 16.5 Å². The van der Waals surface area contributed by atoms with Crippen LogP contribution in [0.15, 0.2) is 41.2 Å². The Hall–Kier alpha value is -2.99. The van der Waals surface area contributed by atoms with E-state index in [-0.39, 0.29) is 5.56 Å². The molecule has 3 heterocycles. The number of rotatable bonds is 5. The quantitative estimate of drug-likeness (QED) is 0.417. The number of carbonyl (C=O) groups excluding carboxylic acids is 1. The Kier molecular flexibility index (Phi) is 4.74. The van der Waals surface area contributed by atoms with Crippen molar-refractivity contribution in [1.29, 1.82) is 0 Å². The molecule has 0 atom stereocenters. The summed E-state index contributed by atoms with van der Waals surface area (Å²) >= 11 is 0. The standard InChI is InChI=1S/C23H25N3O3/c1-14-9-10-19-20-16(13-26(19)21(14)27)12-17-15(6-4-8-18(17)25-20)7-5-11-29-22(28)23(2,3)24/h4,6,8-10,12H,5,7,11,13,24H2,1-3H3. The van der Waals surface area contributed by atoms with Crippen molar-refractivity contribution in [2.24, 2.45) is 5.73 Å². The lowest BCUT2D eigenvalue weighted by Gasteiger charge is -2.16. The molecule has 3 aromatic rings. The lowest BCUT2D eigenvalue weighted by atomic mass is 10.0. The van der Waals surface area contributed by atoms with Crippen LogP contribution < -0.4 is 11.3 Å². The third-order valence-corrected chi connectivity index (χ3v) is 5.31. The maximum atomic E-state index is 12.5. The molecule has 1 aromatic carbocycles. The minimum atomic E-state index is -0.977. The van der Waals surface area contributed by atoms with Gasteiger partial charge >= 0.3 is 5.97 Å². The van der Waals surface area contributed by atoms with Crippen LogP contribution in [0.4, 0.5) is 0 Å². The number of benzene rings is 1. The second kappa shape index (κ2) is 7.12. The first kappa shape index (κ1) is 19.3. The van der Waals surface area contributed by atoms with Crippen LogP contribution >= 0.6 is 0 Å². The molecule has 2 N–H and O–H groups in total. The van der Waals surface area contributed by atoms with Gasteiger partial charge in [-0.25, -0.2) is 4.98 Å². The normalized spacial score (nSPS) is 12.7. The summed E-state index contributed by atoms with van der Waals surface area (Å²) in [5.41, 5.74) is 10.4. The van der Waals surface area contributed by atoms with Gasteiger partial charge in [0.25, 0.3) is 5.56 Å². The number of aromatic nitrogens is 2. The Balaban J connectivity index is 1.58. The Morgan fingerprint density at radius 1 is 1.28 bits per heavy atom. The first-order valence-electron chi connectivity index (χ1n) is 9.84. The van der Waals surface area contributed by atoms with Crippen LogP contribution in [0, 0.1) is 6.92 Å². The average molecular weight is 391 g/mol. The highest BCUT2D eigenvalue weighted by molar-refractivity contribution is 5.86. The first-order chi connectivity index (χ1) is 13.8. The minimum Gasteiger partial charge on any atom is -0.464 e. The molecule has 1 aliphatic rings. The second-order valence-electron chi connectivity index (χ2n) is 8.23. The topological polar surface area (TPSA) is 87.2 Å². The first-order valence-corrected chi connectivity index (χ1v) is 9.84. The van der Waals surface area contributed by atoms with Gasteiger partial charge in [-0.05, 0) is 57.4 Å². The van der Waals surface area contributed by atoms with Crippen molar-refractivity contribution in [1.82, 2.24) is 9.55 Å². The molecule has 0 fully saturated rings. The number of aryl methyl sites for hydroxylation is 2. The molecule has 150 valence electrons. The molecule has 0 bridgehead atoms. The Bertz CT molecular complexity index is 1170. The highest BCUT2D eigenvalue weighted by Crippen LogP contribution is 2.32. The number of hydrogen-bond donors (Lipinski definition) is 1. The van der Waals surface area contributed by atoms with Crippen molar-refractivity contribution in [3.05, 3.63) is 63.4 Å². The fraction of sp³-hybridized carbons (Fsp3) is 0.348. The number of carbonyl (C=O) groups is 1. The maximum Gasteiger partial charge on any atom is 0.325 e. The molecule has 29 heavy (non-hydrogen) atoms. The average Bonchev–Trinajstić information content (AvgIpc) is 3.04. The molecule has 0 radical (unpaired) electrons. The Labute approximate surface area is 169 Å². The van der Waals surface area contributed by atoms with Crippen molar-refractivity contribution < 1.29 is 9.53 Å². The van der Waals surface area contributed by atoms with Crippen LogP contribution in [0.5, 0.6) is 0 Å². The molecule has 0 aliphatic carbocycles. The highest BCUT2D eigenvalue weighted by atomic mass is 16.5. The van der Waals surface area contributed by atoms with Gasteiger partial charge in [-0.1, -0.05) is 18.2 Å². The third kappa shape index (κ3) is 3.56. The molecule has 6 nitrogen and oxygen atoms in total. The van der Waals surface area contributed by atoms with Crippen LogP contribution in [0.25, 0.3) is 22.3 Å². The predicted octanol–water partition coefficient (Wildman–Crippen LogP) is 2.95. The van der Waals surface area contributed by atoms with Crippen LogP contribution in [-0.4, -0.2) is 27.7 Å². The molecule has 0 unspecified atom stereocenters. The smallest absolute Gasteiger partial charge is 0.325 e. The third-order valence-electron chi connectivity index (χ3n) is 5.31. The maximum absolute atomic E-state index is 12.5. The molecule has 2 aromatic heterocycles. The number of nitrogens with two attached hydrogens (primary N) is 1. The summed E-state index contributed by atoms with van der Waals surface area (Å²) in [4.78, 5) is 29.1. The summed E-state index contributed by atoms with van der Waals surface area (Å²) in [5.74, 6) is -0.395. The number of esters is 1. The SMILES string of the molecule is Cc1ccc2n(c1=O)Cc1cc3c(CCCOC(=O)C(C)(C)N)cccc3nc1-2. The summed E-state index contributed by atoms with van der Waals surface area (Å²) in [5, 5.41) is 1.08. The summed E-state index contributed by atoms with van der Waals surface area (Å²) in [7, 11) is 0. The van der Waals surface area contributed by atoms with Crippen LogP contribution in [0.1, 0.15) is 37.0 Å². The van der Waals surface area contributed by atoms with Crippen molar-refractivity contribution in [3.63, 3.8) is 0 Å². The van der Waals surface area contributed by atoms with Crippen molar-refractivity contribution >= 4 is 16.9 Å². The zero-order chi connectivity index (χ0) is 20.8. The van der Waals surface area contributed by atoms with Gasteiger partial charge in [-0.15, -0.1) is 0 Å². The van der Waals surface area contributed by atoms with Crippen LogP contribution in [0.3, 0.4) is 0 Å². The van der Waals surface area contributed by atoms with Gasteiger partial charge in [-0.2, -0.15) is 0 Å². The van der Waals surface area contributed by atoms with Gasteiger partial charge < -0.3 is 15.0 Å². The van der Waals surface area contributed by atoms with E-state index in [1.165, 1.54) is 0 Å². The van der Waals surface area contributed by atoms with E-state index in [1.54, 1.807) is 18.4 Å². The molecule has 6 heteroatoms. The number of ether oxygens (including phenoxy) is 1. The van der Waals surface area contributed by atoms with E-state index in [4.69, 9.17) is 15.5 Å². The number of hydrogen-bond acceptors (Lipinski definition) is 5. The molecule has 4 rings (SSSR count). The van der Waals surface area contributed by atoms with Gasteiger partial charge in [-0.3, -0.25) is 9.59 Å². The van der Waals surface area contributed by atoms with Crippen LogP contribution in [-0.2, 0) is 22.5 Å². The molecule has 0 saturated heterocycles. The predicted molar refractivity (Wildman–Crippen MR) is 113 cm³/mol. The van der Waals surface area contributed by atoms with E-state index in [0.29, 0.717) is 19.6 Å². The Morgan fingerprint density at radius 3 is 2.83 bits per heavy atom. The fourth-order valence-corrected chi connectivity index (χ4v) is 3.69. The monoisotopic (exact) mass is 391 g/mol. The van der Waals surface area contributed by atoms with Crippen molar-refractivity contribution in [2.75, 3.05) is 6.61 Å². The number of nitrogens with zero attached hydrogens (tertiary/aromatic N) is 2. The molecule has 0 saturated carbocycles. The zero-order valence-corrected chi connectivity index (χ0v) is 17.0. The fourth-order valence-electron chi connectivity index (χ4n) is 3.69. The lowest BCUT2D eigenvalue weighted by Crippen LogP contribution is -2.42. The summed E-state index contributed by atoms with van der Waals surface area (Å²) < 4.78 is 7.05. The molecule has 1 aliphatic heterocycles. The van der Waals surface area contributed by atoms with Crippen LogP contribution in [0.2, 0.25) is 0 Å². The Morgan fingerprint density at radius 2 is 2.07 bits per heavy atom. The van der Waals surface area contributed by atoms with E-state index in [0.717, 1.165) is 45.4 Å². The summed E-state index contributed by atoms with van der Waals surface area (Å²) in [6.07, 6.45) is 1.47. The van der Waals surface area contributed by atoms with Gasteiger partial charge in [0.2, 0.25) is 0 Å². The number of pyridine rings is 2. The lowest BCUT2D eigenvalue weighted by molar-refractivity contribution is -0.148. The number of fused-ring (bicyclic) bond motifs is 4. The molecular formula is C23H25N3O3. The molecule has 0 spiro atoms. The minimum absolute atomic E-state index is 0.0365. The summed E-state index contributed by atoms with van der Waals surface area (Å²) in [6.45, 7) is 5.98. The van der Waals surface area contributed by atoms with E-state index in [1.807, 2.05) is 31.2 Å². The molecular weight excluding hydrogens is 366 g/mol. The van der Waals surface area contributed by atoms with E-state index >= 15 is 0 Å². The summed E-state index contributed by atoms with van der Waals surface area (Å²) in [6, 6.07) is 12.0. The van der Waals surface area contributed by atoms with Gasteiger partial charge in [0.15, 0.2) is 0 Å².